The van der Waals surface area contributed by atoms with Crippen molar-refractivity contribution in [3.63, 3.8) is 0 Å². The van der Waals surface area contributed by atoms with E-state index in [1.165, 1.54) is 12.7 Å². The van der Waals surface area contributed by atoms with Crippen LogP contribution in [0.2, 0.25) is 18.1 Å². The van der Waals surface area contributed by atoms with E-state index in [0.717, 1.165) is 0 Å². The first-order chi connectivity index (χ1) is 25.4. The van der Waals surface area contributed by atoms with Crippen molar-refractivity contribution in [3.05, 3.63) is 41.7 Å². The Balaban J connectivity index is 1.16. The van der Waals surface area contributed by atoms with Crippen LogP contribution in [0.15, 0.2) is 36.2 Å². The zero-order valence-corrected chi connectivity index (χ0v) is 34.5. The van der Waals surface area contributed by atoms with Gasteiger partial charge in [-0.3, -0.25) is 23.3 Å². The molecule has 2 bridgehead atoms. The number of nitrogens with zero attached hydrogens (tertiary/aromatic N) is 8. The normalized spacial score (nSPS) is 33.1. The smallest absolute Gasteiger partial charge is 0.325 e. The van der Waals surface area contributed by atoms with Crippen LogP contribution in [0.5, 0.6) is 0 Å². The van der Waals surface area contributed by atoms with Crippen LogP contribution < -0.4 is 11.3 Å². The lowest BCUT2D eigenvalue weighted by atomic mass is 9.70. The van der Waals surface area contributed by atoms with Gasteiger partial charge in [-0.15, -0.1) is 0 Å². The van der Waals surface area contributed by atoms with Gasteiger partial charge in [0, 0.05) is 30.8 Å². The standard InChI is InChI=1S/C30H42N10O9P2S2Si/c1-30(2,3)54(4,5)49-22-19-6-9-44-50(42,52)46-12-17-16(10-18(17)39-14-35-20-24(31)33-13-34-25(20)39)11-45-51(43,53)48-23(22)28(47-19)40-15-36-21-26(41)37-29-32-7-8-38(29)27(21)40/h7-8,13-19,22-23,28H,6,9-12H2,1-5H3,(H,42,52)(H,43,53)(H2,31,33,34)(H,32,37,41)/t16-,17-,18-,19-,22?,23-,28-,50?,51?/m1/s1. The van der Waals surface area contributed by atoms with Crippen LogP contribution in [0, 0.1) is 11.8 Å². The van der Waals surface area contributed by atoms with E-state index >= 15 is 0 Å². The molecular weight excluding hydrogens is 799 g/mol. The number of H-pyrrole nitrogens is 1. The lowest BCUT2D eigenvalue weighted by molar-refractivity contribution is -0.0435. The van der Waals surface area contributed by atoms with Gasteiger partial charge in [-0.1, -0.05) is 20.8 Å². The topological polar surface area (TPSA) is 233 Å². The summed E-state index contributed by atoms with van der Waals surface area (Å²) in [4.78, 5) is 60.3. The third-order valence-corrected chi connectivity index (χ3v) is 18.7. The minimum absolute atomic E-state index is 0.00564. The summed E-state index contributed by atoms with van der Waals surface area (Å²) in [6.07, 6.45) is 4.92. The number of nitrogens with two attached hydrogens (primary N) is 1. The lowest BCUT2D eigenvalue weighted by Gasteiger charge is -2.45. The summed E-state index contributed by atoms with van der Waals surface area (Å²) >= 11 is 11.2. The number of anilines is 1. The van der Waals surface area contributed by atoms with Crippen molar-refractivity contribution < 1.29 is 37.0 Å². The maximum Gasteiger partial charge on any atom is 0.325 e. The highest BCUT2D eigenvalue weighted by Crippen LogP contribution is 2.56. The second kappa shape index (κ2) is 13.8. The van der Waals surface area contributed by atoms with Gasteiger partial charge in [0.05, 0.1) is 38.6 Å². The number of hydrogen-bond donors (Lipinski definition) is 4. The van der Waals surface area contributed by atoms with Crippen molar-refractivity contribution in [2.24, 2.45) is 11.8 Å². The van der Waals surface area contributed by atoms with Gasteiger partial charge in [0.25, 0.3) is 5.56 Å². The molecule has 54 heavy (non-hydrogen) atoms. The largest absolute Gasteiger partial charge is 0.408 e. The third kappa shape index (κ3) is 6.92. The Morgan fingerprint density at radius 1 is 1.02 bits per heavy atom. The highest BCUT2D eigenvalue weighted by molar-refractivity contribution is 8.07. The first kappa shape index (κ1) is 38.3. The molecule has 5 aromatic rings. The molecule has 2 saturated heterocycles. The van der Waals surface area contributed by atoms with Gasteiger partial charge in [0.2, 0.25) is 5.78 Å². The van der Waals surface area contributed by atoms with E-state index in [9.17, 15) is 14.6 Å². The maximum absolute atomic E-state index is 13.1. The molecule has 0 amide bonds. The molecular formula is C30H42N10O9P2S2Si. The number of fused-ring (bicyclic) bond motifs is 7. The first-order valence-corrected chi connectivity index (χ1v) is 25.5. The van der Waals surface area contributed by atoms with E-state index in [0.29, 0.717) is 29.0 Å². The van der Waals surface area contributed by atoms with Crippen molar-refractivity contribution in [2.45, 2.75) is 82.3 Å². The fourth-order valence-corrected chi connectivity index (χ4v) is 11.1. The number of nitrogens with one attached hydrogen (secondary N) is 1. The third-order valence-electron chi connectivity index (χ3n) is 11.1. The van der Waals surface area contributed by atoms with Crippen LogP contribution >= 0.6 is 13.4 Å². The molecule has 0 spiro atoms. The summed E-state index contributed by atoms with van der Waals surface area (Å²) in [7, 11) is -2.56. The molecule has 5 N–H and O–H groups in total. The van der Waals surface area contributed by atoms with Crippen molar-refractivity contribution in [1.29, 1.82) is 0 Å². The molecule has 7 heterocycles. The van der Waals surface area contributed by atoms with Crippen molar-refractivity contribution in [2.75, 3.05) is 25.6 Å². The van der Waals surface area contributed by atoms with E-state index in [1.807, 2.05) is 4.57 Å². The van der Waals surface area contributed by atoms with E-state index in [-0.39, 0.29) is 60.5 Å². The zero-order chi connectivity index (χ0) is 38.4. The van der Waals surface area contributed by atoms with Crippen molar-refractivity contribution in [1.82, 2.24) is 43.4 Å². The molecule has 3 aliphatic rings. The Kier molecular flexibility index (Phi) is 9.81. The number of ether oxygens (including phenoxy) is 1. The molecule has 1 aliphatic carbocycles. The van der Waals surface area contributed by atoms with Crippen LogP contribution in [-0.4, -0.2) is 99.7 Å². The Labute approximate surface area is 320 Å². The van der Waals surface area contributed by atoms with Gasteiger partial charge >= 0.3 is 13.4 Å². The summed E-state index contributed by atoms with van der Waals surface area (Å²) in [5.41, 5.74) is 7.15. The molecule has 19 nitrogen and oxygen atoms in total. The Morgan fingerprint density at radius 3 is 2.54 bits per heavy atom. The van der Waals surface area contributed by atoms with Gasteiger partial charge < -0.3 is 42.8 Å². The summed E-state index contributed by atoms with van der Waals surface area (Å²) in [5.74, 6) is 0.0831. The SMILES string of the molecule is CC(C)(C)[Si](C)(C)OC1[C@H]2OP(O)(=S)OC[C@H]3C[C@@H](n4cnc5c(N)ncnc54)[C@@H]3COP(O)(=S)OCC[C@H]1O[C@H]2n1cnc2c(=O)[nH]c3nccn3c21. The van der Waals surface area contributed by atoms with E-state index < -0.39 is 51.9 Å². The molecule has 292 valence electrons. The number of aromatic nitrogens is 9. The molecule has 3 unspecified atom stereocenters. The van der Waals surface area contributed by atoms with Crippen molar-refractivity contribution >= 4 is 79.3 Å². The molecule has 8 rings (SSSR count). The average Bonchev–Trinajstić information content (AvgIpc) is 3.86. The van der Waals surface area contributed by atoms with Crippen LogP contribution in [-0.2, 0) is 50.9 Å². The second-order valence-corrected chi connectivity index (χ2v) is 25.7. The van der Waals surface area contributed by atoms with Gasteiger partial charge in [-0.2, -0.15) is 0 Å². The second-order valence-electron chi connectivity index (χ2n) is 15.3. The van der Waals surface area contributed by atoms with Gasteiger partial charge in [-0.25, -0.2) is 24.9 Å². The van der Waals surface area contributed by atoms with E-state index in [4.69, 9.17) is 56.6 Å². The monoisotopic (exact) mass is 840 g/mol. The molecule has 9 atom stereocenters. The predicted octanol–water partition coefficient (Wildman–Crippen LogP) is 3.53. The number of rotatable bonds is 4. The van der Waals surface area contributed by atoms with Crippen LogP contribution in [0.25, 0.3) is 28.1 Å². The lowest BCUT2D eigenvalue weighted by Crippen LogP contribution is -2.49. The van der Waals surface area contributed by atoms with E-state index in [2.05, 4.69) is 63.8 Å². The minimum atomic E-state index is -4.01. The quantitative estimate of drug-likeness (QED) is 0.150. The molecule has 0 aromatic carbocycles. The number of imidazole rings is 3. The first-order valence-electron chi connectivity index (χ1n) is 17.4. The summed E-state index contributed by atoms with van der Waals surface area (Å²) in [6.45, 7) is 2.74. The Morgan fingerprint density at radius 2 is 1.76 bits per heavy atom. The molecule has 24 heteroatoms. The highest BCUT2D eigenvalue weighted by atomic mass is 32.5. The number of hydrogen-bond acceptors (Lipinski definition) is 15. The summed E-state index contributed by atoms with van der Waals surface area (Å²) in [6, 6.07) is -0.185. The molecule has 2 aliphatic heterocycles. The summed E-state index contributed by atoms with van der Waals surface area (Å²) in [5, 5.41) is -0.225. The average molecular weight is 841 g/mol. The fraction of sp³-hybridized carbons (Fsp3) is 0.600. The Hall–Kier alpha value is -2.56. The summed E-state index contributed by atoms with van der Waals surface area (Å²) < 4.78 is 43.4. The fourth-order valence-electron chi connectivity index (χ4n) is 7.13. The number of nitrogen functional groups attached to an aromatic ring is 1. The minimum Gasteiger partial charge on any atom is -0.408 e. The zero-order valence-electron chi connectivity index (χ0n) is 30.1. The van der Waals surface area contributed by atoms with Crippen LogP contribution in [0.4, 0.5) is 5.82 Å². The van der Waals surface area contributed by atoms with Crippen LogP contribution in [0.3, 0.4) is 0 Å². The maximum atomic E-state index is 13.1. The highest BCUT2D eigenvalue weighted by Gasteiger charge is 2.54. The van der Waals surface area contributed by atoms with E-state index in [1.54, 1.807) is 27.7 Å². The number of aromatic amines is 1. The van der Waals surface area contributed by atoms with Gasteiger partial charge in [0.15, 0.2) is 37.2 Å². The molecule has 3 fully saturated rings. The van der Waals surface area contributed by atoms with Gasteiger partial charge in [-0.05, 0) is 54.1 Å². The molecule has 0 radical (unpaired) electrons. The Bertz CT molecular complexity index is 2380. The van der Waals surface area contributed by atoms with Crippen LogP contribution in [0.1, 0.15) is 45.9 Å². The molecule has 5 aromatic heterocycles. The molecule has 1 saturated carbocycles. The predicted molar refractivity (Wildman–Crippen MR) is 206 cm³/mol. The van der Waals surface area contributed by atoms with Crippen molar-refractivity contribution in [3.8, 4) is 0 Å². The van der Waals surface area contributed by atoms with Gasteiger partial charge in [0.1, 0.15) is 24.1 Å².